The van der Waals surface area contributed by atoms with Crippen LogP contribution in [0.3, 0.4) is 0 Å². The molecule has 5 heteroatoms. The van der Waals surface area contributed by atoms with Crippen molar-refractivity contribution in [2.75, 3.05) is 18.9 Å². The first-order chi connectivity index (χ1) is 9.40. The number of nitrogens with two attached hydrogens (primary N) is 1. The Morgan fingerprint density at radius 2 is 1.95 bits per heavy atom. The molecule has 0 spiro atoms. The predicted octanol–water partition coefficient (Wildman–Crippen LogP) is 1.52. The lowest BCUT2D eigenvalue weighted by Crippen LogP contribution is -2.33. The van der Waals surface area contributed by atoms with Gasteiger partial charge in [-0.15, -0.1) is 0 Å². The molecule has 0 heterocycles. The van der Waals surface area contributed by atoms with E-state index in [4.69, 9.17) is 5.73 Å². The quantitative estimate of drug-likeness (QED) is 0.763. The Morgan fingerprint density at radius 1 is 1.30 bits per heavy atom. The van der Waals surface area contributed by atoms with E-state index in [0.29, 0.717) is 17.8 Å². The van der Waals surface area contributed by atoms with Crippen molar-refractivity contribution >= 4 is 17.5 Å². The summed E-state index contributed by atoms with van der Waals surface area (Å²) in [7, 11) is 1.59. The first-order valence-corrected chi connectivity index (χ1v) is 6.74. The molecule has 5 nitrogen and oxygen atoms in total. The first-order valence-electron chi connectivity index (χ1n) is 6.74. The highest BCUT2D eigenvalue weighted by molar-refractivity contribution is 5.97. The van der Waals surface area contributed by atoms with Crippen molar-refractivity contribution in [2.24, 2.45) is 17.6 Å². The molecule has 0 aliphatic rings. The van der Waals surface area contributed by atoms with Crippen LogP contribution in [-0.2, 0) is 4.79 Å². The molecule has 1 unspecified atom stereocenters. The van der Waals surface area contributed by atoms with Crippen molar-refractivity contribution in [1.29, 1.82) is 0 Å². The predicted molar refractivity (Wildman–Crippen MR) is 80.6 cm³/mol. The van der Waals surface area contributed by atoms with Crippen molar-refractivity contribution in [1.82, 2.24) is 5.32 Å². The maximum atomic E-state index is 12.1. The molecule has 20 heavy (non-hydrogen) atoms. The lowest BCUT2D eigenvalue weighted by atomic mass is 9.95. The maximum Gasteiger partial charge on any atom is 0.251 e. The average molecular weight is 277 g/mol. The molecule has 1 aromatic carbocycles. The Bertz CT molecular complexity index is 498. The smallest absolute Gasteiger partial charge is 0.251 e. The van der Waals surface area contributed by atoms with Crippen LogP contribution in [0.15, 0.2) is 18.2 Å². The fraction of sp³-hybridized carbons (Fsp3) is 0.467. The lowest BCUT2D eigenvalue weighted by Gasteiger charge is -2.19. The van der Waals surface area contributed by atoms with Crippen LogP contribution >= 0.6 is 0 Å². The van der Waals surface area contributed by atoms with E-state index in [1.165, 1.54) is 0 Å². The molecule has 2 amide bonds. The zero-order valence-electron chi connectivity index (χ0n) is 12.5. The molecular weight excluding hydrogens is 254 g/mol. The molecule has 0 fully saturated rings. The van der Waals surface area contributed by atoms with E-state index >= 15 is 0 Å². The molecule has 0 bridgehead atoms. The SMILES string of the molecule is CNC(=O)c1ccc(NC(=O)C(CN)C(C)C)c(C)c1. The van der Waals surface area contributed by atoms with Crippen molar-refractivity contribution in [2.45, 2.75) is 20.8 Å². The highest BCUT2D eigenvalue weighted by Crippen LogP contribution is 2.19. The first kappa shape index (κ1) is 16.2. The number of hydrogen-bond acceptors (Lipinski definition) is 3. The van der Waals surface area contributed by atoms with Crippen LogP contribution in [0, 0.1) is 18.8 Å². The second-order valence-electron chi connectivity index (χ2n) is 5.18. The van der Waals surface area contributed by atoms with Gasteiger partial charge in [-0.1, -0.05) is 13.8 Å². The van der Waals surface area contributed by atoms with Crippen LogP contribution in [-0.4, -0.2) is 25.4 Å². The fourth-order valence-corrected chi connectivity index (χ4v) is 2.00. The second-order valence-corrected chi connectivity index (χ2v) is 5.18. The summed E-state index contributed by atoms with van der Waals surface area (Å²) in [5.74, 6) is -0.259. The van der Waals surface area contributed by atoms with Crippen LogP contribution in [0.2, 0.25) is 0 Å². The van der Waals surface area contributed by atoms with Gasteiger partial charge in [-0.3, -0.25) is 9.59 Å². The average Bonchev–Trinajstić information content (AvgIpc) is 2.40. The number of anilines is 1. The summed E-state index contributed by atoms with van der Waals surface area (Å²) in [5, 5.41) is 5.44. The van der Waals surface area contributed by atoms with Gasteiger partial charge in [0.05, 0.1) is 5.92 Å². The number of aryl methyl sites for hydroxylation is 1. The van der Waals surface area contributed by atoms with E-state index in [1.54, 1.807) is 25.2 Å². The third kappa shape index (κ3) is 3.81. The van der Waals surface area contributed by atoms with Crippen LogP contribution in [0.5, 0.6) is 0 Å². The van der Waals surface area contributed by atoms with Gasteiger partial charge >= 0.3 is 0 Å². The van der Waals surface area contributed by atoms with E-state index in [2.05, 4.69) is 10.6 Å². The van der Waals surface area contributed by atoms with Crippen LogP contribution in [0.1, 0.15) is 29.8 Å². The van der Waals surface area contributed by atoms with Gasteiger partial charge in [-0.2, -0.15) is 0 Å². The van der Waals surface area contributed by atoms with Crippen molar-refractivity contribution in [3.8, 4) is 0 Å². The Labute approximate surface area is 119 Å². The number of hydrogen-bond donors (Lipinski definition) is 3. The summed E-state index contributed by atoms with van der Waals surface area (Å²) in [6, 6.07) is 5.18. The third-order valence-electron chi connectivity index (χ3n) is 3.37. The van der Waals surface area contributed by atoms with E-state index in [9.17, 15) is 9.59 Å². The fourth-order valence-electron chi connectivity index (χ4n) is 2.00. The largest absolute Gasteiger partial charge is 0.355 e. The van der Waals surface area contributed by atoms with Crippen LogP contribution < -0.4 is 16.4 Å². The molecule has 1 atom stereocenters. The van der Waals surface area contributed by atoms with Gasteiger partial charge in [0.25, 0.3) is 5.91 Å². The normalized spacial score (nSPS) is 12.1. The molecule has 0 aliphatic carbocycles. The number of carbonyl (C=O) groups is 2. The van der Waals surface area contributed by atoms with Crippen molar-refractivity contribution < 1.29 is 9.59 Å². The summed E-state index contributed by atoms with van der Waals surface area (Å²) < 4.78 is 0. The summed E-state index contributed by atoms with van der Waals surface area (Å²) in [6.45, 7) is 6.12. The summed E-state index contributed by atoms with van der Waals surface area (Å²) >= 11 is 0. The van der Waals surface area contributed by atoms with Gasteiger partial charge in [0.1, 0.15) is 0 Å². The third-order valence-corrected chi connectivity index (χ3v) is 3.37. The number of amides is 2. The Morgan fingerprint density at radius 3 is 2.40 bits per heavy atom. The molecule has 0 radical (unpaired) electrons. The number of carbonyl (C=O) groups excluding carboxylic acids is 2. The number of nitrogens with one attached hydrogen (secondary N) is 2. The molecule has 0 saturated heterocycles. The summed E-state index contributed by atoms with van der Waals surface area (Å²) in [6.07, 6.45) is 0. The Balaban J connectivity index is 2.88. The van der Waals surface area contributed by atoms with Gasteiger partial charge in [0.2, 0.25) is 5.91 Å². The standard InChI is InChI=1S/C15H23N3O2/c1-9(2)12(8-16)15(20)18-13-6-5-11(7-10(13)3)14(19)17-4/h5-7,9,12H,8,16H2,1-4H3,(H,17,19)(H,18,20). The van der Waals surface area contributed by atoms with E-state index in [1.807, 2.05) is 20.8 Å². The molecule has 4 N–H and O–H groups in total. The van der Waals surface area contributed by atoms with E-state index in [-0.39, 0.29) is 23.7 Å². The Kier molecular flexibility index (Phi) is 5.70. The lowest BCUT2D eigenvalue weighted by molar-refractivity contribution is -0.120. The molecule has 0 aromatic heterocycles. The maximum absolute atomic E-state index is 12.1. The molecule has 110 valence electrons. The van der Waals surface area contributed by atoms with E-state index in [0.717, 1.165) is 5.56 Å². The summed E-state index contributed by atoms with van der Waals surface area (Å²) in [4.78, 5) is 23.7. The van der Waals surface area contributed by atoms with Gasteiger partial charge < -0.3 is 16.4 Å². The van der Waals surface area contributed by atoms with Gasteiger partial charge in [-0.25, -0.2) is 0 Å². The van der Waals surface area contributed by atoms with Crippen molar-refractivity contribution in [3.63, 3.8) is 0 Å². The molecule has 1 aromatic rings. The van der Waals surface area contributed by atoms with Crippen LogP contribution in [0.4, 0.5) is 5.69 Å². The number of benzene rings is 1. The topological polar surface area (TPSA) is 84.2 Å². The van der Waals surface area contributed by atoms with Gasteiger partial charge in [0, 0.05) is 24.8 Å². The zero-order chi connectivity index (χ0) is 15.3. The molecule has 0 saturated carbocycles. The highest BCUT2D eigenvalue weighted by Gasteiger charge is 2.21. The monoisotopic (exact) mass is 277 g/mol. The number of rotatable bonds is 5. The Hall–Kier alpha value is -1.88. The van der Waals surface area contributed by atoms with Gasteiger partial charge in [-0.05, 0) is 36.6 Å². The molecule has 1 rings (SSSR count). The molecular formula is C15H23N3O2. The minimum atomic E-state index is -0.215. The highest BCUT2D eigenvalue weighted by atomic mass is 16.2. The van der Waals surface area contributed by atoms with E-state index < -0.39 is 0 Å². The summed E-state index contributed by atoms with van der Waals surface area (Å²) in [5.41, 5.74) is 7.76. The zero-order valence-corrected chi connectivity index (χ0v) is 12.5. The second kappa shape index (κ2) is 7.05. The van der Waals surface area contributed by atoms with Crippen molar-refractivity contribution in [3.05, 3.63) is 29.3 Å². The minimum Gasteiger partial charge on any atom is -0.355 e. The van der Waals surface area contributed by atoms with Gasteiger partial charge in [0.15, 0.2) is 0 Å². The van der Waals surface area contributed by atoms with Crippen LogP contribution in [0.25, 0.3) is 0 Å². The minimum absolute atomic E-state index is 0.0849. The molecule has 0 aliphatic heterocycles.